The lowest BCUT2D eigenvalue weighted by atomic mass is 9.66. The first kappa shape index (κ1) is 21.7. The summed E-state index contributed by atoms with van der Waals surface area (Å²) in [6.07, 6.45) is -0.763. The second-order valence-corrected chi connectivity index (χ2v) is 8.06. The Hall–Kier alpha value is -2.48. The molecule has 0 aromatic heterocycles. The zero-order valence-corrected chi connectivity index (χ0v) is 18.7. The van der Waals surface area contributed by atoms with E-state index in [1.165, 1.54) is 28.4 Å². The molecule has 164 valence electrons. The van der Waals surface area contributed by atoms with Gasteiger partial charge in [-0.2, -0.15) is 0 Å². The average molecular weight is 467 g/mol. The number of hydrogen-bond donors (Lipinski definition) is 0. The summed E-state index contributed by atoms with van der Waals surface area (Å²) in [6.45, 7) is 0. The van der Waals surface area contributed by atoms with Crippen LogP contribution in [0.15, 0.2) is 30.3 Å². The first-order chi connectivity index (χ1) is 14.8. The standard InChI is InChI=1S/C22H20Cl2O7/c1-27-15-8-11-12(9-16(15)28-2)22(10-5-6-13(23)14(24)7-10)18(21(26)30-4)17(19(11)31-22)20(25)29-3/h5-9,17-19H,1-4H3/t17?,18?,19-,22+/m1/s1. The molecule has 4 rings (SSSR count). The minimum Gasteiger partial charge on any atom is -0.493 e. The van der Waals surface area contributed by atoms with Gasteiger partial charge in [0.15, 0.2) is 11.5 Å². The van der Waals surface area contributed by atoms with Crippen LogP contribution in [0.1, 0.15) is 22.8 Å². The summed E-state index contributed by atoms with van der Waals surface area (Å²) in [4.78, 5) is 25.8. The van der Waals surface area contributed by atoms with Gasteiger partial charge in [0, 0.05) is 0 Å². The van der Waals surface area contributed by atoms with E-state index in [4.69, 9.17) is 46.9 Å². The minimum atomic E-state index is -1.36. The predicted molar refractivity (Wildman–Crippen MR) is 112 cm³/mol. The van der Waals surface area contributed by atoms with E-state index in [2.05, 4.69) is 0 Å². The van der Waals surface area contributed by atoms with Gasteiger partial charge in [0.2, 0.25) is 0 Å². The molecule has 4 atom stereocenters. The zero-order valence-electron chi connectivity index (χ0n) is 17.2. The van der Waals surface area contributed by atoms with Gasteiger partial charge in [-0.05, 0) is 41.0 Å². The van der Waals surface area contributed by atoms with Crippen molar-refractivity contribution >= 4 is 35.1 Å². The van der Waals surface area contributed by atoms with Crippen molar-refractivity contribution in [1.82, 2.24) is 0 Å². The van der Waals surface area contributed by atoms with Crippen molar-refractivity contribution in [2.24, 2.45) is 11.8 Å². The van der Waals surface area contributed by atoms with E-state index in [1.54, 1.807) is 30.3 Å². The van der Waals surface area contributed by atoms with Gasteiger partial charge in [-0.25, -0.2) is 0 Å². The predicted octanol–water partition coefficient (Wildman–Crippen LogP) is 3.92. The van der Waals surface area contributed by atoms with Gasteiger partial charge in [-0.3, -0.25) is 9.59 Å². The lowest BCUT2D eigenvalue weighted by Crippen LogP contribution is -2.45. The Labute approximate surface area is 189 Å². The Kier molecular flexibility index (Phi) is 5.54. The van der Waals surface area contributed by atoms with Crippen LogP contribution >= 0.6 is 23.2 Å². The number of rotatable bonds is 5. The van der Waals surface area contributed by atoms with Crippen LogP contribution < -0.4 is 9.47 Å². The number of benzene rings is 2. The Morgan fingerprint density at radius 3 is 2.13 bits per heavy atom. The second-order valence-electron chi connectivity index (χ2n) is 7.25. The first-order valence-electron chi connectivity index (χ1n) is 9.39. The smallest absolute Gasteiger partial charge is 0.313 e. The maximum Gasteiger partial charge on any atom is 0.313 e. The highest BCUT2D eigenvalue weighted by molar-refractivity contribution is 6.42. The Morgan fingerprint density at radius 1 is 0.903 bits per heavy atom. The van der Waals surface area contributed by atoms with E-state index in [9.17, 15) is 9.59 Å². The monoisotopic (exact) mass is 466 g/mol. The fraction of sp³-hybridized carbons (Fsp3) is 0.364. The second kappa shape index (κ2) is 7.89. The Bertz CT molecular complexity index is 1070. The summed E-state index contributed by atoms with van der Waals surface area (Å²) in [7, 11) is 5.56. The summed E-state index contributed by atoms with van der Waals surface area (Å²) in [5.41, 5.74) is 0.544. The molecule has 1 saturated heterocycles. The van der Waals surface area contributed by atoms with Crippen molar-refractivity contribution in [2.45, 2.75) is 11.7 Å². The lowest BCUT2D eigenvalue weighted by Gasteiger charge is -2.36. The summed E-state index contributed by atoms with van der Waals surface area (Å²) < 4.78 is 27.5. The quantitative estimate of drug-likeness (QED) is 0.617. The van der Waals surface area contributed by atoms with Gasteiger partial charge in [-0.1, -0.05) is 29.3 Å². The number of halogens is 2. The van der Waals surface area contributed by atoms with E-state index < -0.39 is 35.5 Å². The largest absolute Gasteiger partial charge is 0.493 e. The van der Waals surface area contributed by atoms with Crippen LogP contribution in [0.25, 0.3) is 0 Å². The van der Waals surface area contributed by atoms with E-state index in [-0.39, 0.29) is 5.02 Å². The van der Waals surface area contributed by atoms with Gasteiger partial charge >= 0.3 is 11.9 Å². The Morgan fingerprint density at radius 2 is 1.55 bits per heavy atom. The fourth-order valence-electron chi connectivity index (χ4n) is 4.68. The molecule has 0 radical (unpaired) electrons. The summed E-state index contributed by atoms with van der Waals surface area (Å²) in [6, 6.07) is 8.46. The lowest BCUT2D eigenvalue weighted by molar-refractivity contribution is -0.158. The Balaban J connectivity index is 2.06. The van der Waals surface area contributed by atoms with Crippen LogP contribution in [-0.4, -0.2) is 40.4 Å². The van der Waals surface area contributed by atoms with Crippen LogP contribution in [0.5, 0.6) is 11.5 Å². The molecule has 0 amide bonds. The number of carbonyl (C=O) groups excluding carboxylic acids is 2. The maximum atomic E-state index is 13.0. The third-order valence-corrected chi connectivity index (χ3v) is 6.71. The minimum absolute atomic E-state index is 0.285. The zero-order chi connectivity index (χ0) is 22.5. The van der Waals surface area contributed by atoms with Crippen molar-refractivity contribution in [3.8, 4) is 11.5 Å². The van der Waals surface area contributed by atoms with Gasteiger partial charge in [0.1, 0.15) is 17.4 Å². The maximum absolute atomic E-state index is 13.0. The molecule has 2 bridgehead atoms. The summed E-state index contributed by atoms with van der Waals surface area (Å²) >= 11 is 12.4. The van der Waals surface area contributed by atoms with Gasteiger partial charge < -0.3 is 23.7 Å². The number of carbonyl (C=O) groups is 2. The van der Waals surface area contributed by atoms with Crippen molar-refractivity contribution in [3.63, 3.8) is 0 Å². The van der Waals surface area contributed by atoms with Crippen LogP contribution in [0.3, 0.4) is 0 Å². The van der Waals surface area contributed by atoms with Crippen LogP contribution in [0.4, 0.5) is 0 Å². The molecule has 7 nitrogen and oxygen atoms in total. The molecule has 9 heteroatoms. The number of ether oxygens (including phenoxy) is 5. The molecular formula is C22H20Cl2O7. The van der Waals surface area contributed by atoms with Crippen molar-refractivity contribution < 1.29 is 33.3 Å². The van der Waals surface area contributed by atoms with Crippen LogP contribution in [-0.2, 0) is 29.4 Å². The molecular weight excluding hydrogens is 447 g/mol. The van der Waals surface area contributed by atoms with Crippen molar-refractivity contribution in [3.05, 3.63) is 57.1 Å². The third-order valence-electron chi connectivity index (χ3n) is 5.98. The van der Waals surface area contributed by atoms with Gasteiger partial charge in [-0.15, -0.1) is 0 Å². The third kappa shape index (κ3) is 2.98. The van der Waals surface area contributed by atoms with E-state index in [0.717, 1.165) is 0 Å². The molecule has 2 aliphatic heterocycles. The topological polar surface area (TPSA) is 80.3 Å². The molecule has 2 aromatic rings. The van der Waals surface area contributed by atoms with Crippen LogP contribution in [0, 0.1) is 11.8 Å². The number of fused-ring (bicyclic) bond motifs is 5. The summed E-state index contributed by atoms with van der Waals surface area (Å²) in [5, 5.41) is 0.633. The highest BCUT2D eigenvalue weighted by atomic mass is 35.5. The molecule has 2 heterocycles. The molecule has 1 fully saturated rings. The molecule has 0 N–H and O–H groups in total. The molecule has 0 saturated carbocycles. The number of methoxy groups -OCH3 is 4. The van der Waals surface area contributed by atoms with Gasteiger partial charge in [0.25, 0.3) is 0 Å². The van der Waals surface area contributed by atoms with Gasteiger partial charge in [0.05, 0.1) is 44.6 Å². The molecule has 2 aliphatic rings. The molecule has 0 aliphatic carbocycles. The van der Waals surface area contributed by atoms with Crippen molar-refractivity contribution in [2.75, 3.05) is 28.4 Å². The van der Waals surface area contributed by atoms with E-state index >= 15 is 0 Å². The average Bonchev–Trinajstić information content (AvgIpc) is 3.31. The SMILES string of the molecule is COC(=O)C1C(C(=O)OC)[C@@]2(c3ccc(Cl)c(Cl)c3)O[C@@H]1c1cc(OC)c(OC)cc12. The van der Waals surface area contributed by atoms with E-state index in [1.807, 2.05) is 0 Å². The first-order valence-corrected chi connectivity index (χ1v) is 10.1. The number of esters is 2. The molecule has 2 aromatic carbocycles. The van der Waals surface area contributed by atoms with Crippen LogP contribution in [0.2, 0.25) is 10.0 Å². The highest BCUT2D eigenvalue weighted by Gasteiger charge is 2.69. The van der Waals surface area contributed by atoms with E-state index in [0.29, 0.717) is 33.2 Å². The molecule has 31 heavy (non-hydrogen) atoms. The van der Waals surface area contributed by atoms with Crippen molar-refractivity contribution in [1.29, 1.82) is 0 Å². The number of hydrogen-bond acceptors (Lipinski definition) is 7. The fourth-order valence-corrected chi connectivity index (χ4v) is 4.98. The molecule has 2 unspecified atom stereocenters. The summed E-state index contributed by atoms with van der Waals surface area (Å²) in [5.74, 6) is -2.21. The normalized spacial score (nSPS) is 25.7. The highest BCUT2D eigenvalue weighted by Crippen LogP contribution is 2.65. The molecule has 0 spiro atoms.